The van der Waals surface area contributed by atoms with Gasteiger partial charge in [0, 0.05) is 30.9 Å². The fraction of sp³-hybridized carbons (Fsp3) is 0.500. The van der Waals surface area contributed by atoms with E-state index in [9.17, 15) is 0 Å². The largest absolute Gasteiger partial charge is 0.307 e. The first kappa shape index (κ1) is 9.99. The smallest absolute Gasteiger partial charge is 0.0537 e. The van der Waals surface area contributed by atoms with Crippen LogP contribution in [0.15, 0.2) is 25.0 Å². The van der Waals surface area contributed by atoms with Crippen LogP contribution >= 0.6 is 0 Å². The highest BCUT2D eigenvalue weighted by Gasteiger charge is 2.05. The summed E-state index contributed by atoms with van der Waals surface area (Å²) < 4.78 is 1.93. The molecule has 1 atom stereocenters. The molecule has 1 rings (SSSR count). The number of nitrogens with one attached hydrogen (secondary N) is 1. The number of nitrogens with zero attached hydrogens (tertiary/aromatic N) is 2. The van der Waals surface area contributed by atoms with Gasteiger partial charge in [-0.25, -0.2) is 0 Å². The van der Waals surface area contributed by atoms with Gasteiger partial charge in [0.05, 0.1) is 6.20 Å². The number of hydrogen-bond acceptors (Lipinski definition) is 2. The Morgan fingerprint density at radius 2 is 2.54 bits per heavy atom. The topological polar surface area (TPSA) is 29.9 Å². The Morgan fingerprint density at radius 3 is 3.08 bits per heavy atom. The van der Waals surface area contributed by atoms with Gasteiger partial charge >= 0.3 is 0 Å². The number of rotatable bonds is 5. The first-order chi connectivity index (χ1) is 6.27. The lowest BCUT2D eigenvalue weighted by atomic mass is 10.2. The molecule has 0 fully saturated rings. The zero-order valence-electron chi connectivity index (χ0n) is 8.33. The normalized spacial score (nSPS) is 12.8. The number of hydrogen-bond donors (Lipinski definition) is 1. The van der Waals surface area contributed by atoms with Gasteiger partial charge in [-0.1, -0.05) is 6.08 Å². The molecule has 13 heavy (non-hydrogen) atoms. The monoisotopic (exact) mass is 179 g/mol. The third-order valence-electron chi connectivity index (χ3n) is 2.05. The van der Waals surface area contributed by atoms with Crippen LogP contribution in [0.3, 0.4) is 0 Å². The molecule has 1 heterocycles. The van der Waals surface area contributed by atoms with E-state index in [0.717, 1.165) is 13.1 Å². The van der Waals surface area contributed by atoms with Crippen molar-refractivity contribution in [2.75, 3.05) is 6.54 Å². The first-order valence-corrected chi connectivity index (χ1v) is 4.64. The van der Waals surface area contributed by atoms with Crippen molar-refractivity contribution in [2.45, 2.75) is 26.4 Å². The Labute approximate surface area is 79.5 Å². The number of aryl methyl sites for hydroxylation is 1. The predicted molar refractivity (Wildman–Crippen MR) is 54.5 cm³/mol. The Hall–Kier alpha value is -1.09. The van der Waals surface area contributed by atoms with Crippen LogP contribution in [0.5, 0.6) is 0 Å². The van der Waals surface area contributed by atoms with E-state index in [-0.39, 0.29) is 0 Å². The summed E-state index contributed by atoms with van der Waals surface area (Å²) in [6.45, 7) is 9.63. The molecule has 72 valence electrons. The second-order valence-electron chi connectivity index (χ2n) is 3.05. The molecule has 0 saturated heterocycles. The molecule has 0 aromatic carbocycles. The zero-order valence-corrected chi connectivity index (χ0v) is 8.33. The molecular formula is C10H17N3. The fourth-order valence-corrected chi connectivity index (χ4v) is 1.15. The summed E-state index contributed by atoms with van der Waals surface area (Å²) in [6.07, 6.45) is 5.84. The maximum atomic E-state index is 4.21. The van der Waals surface area contributed by atoms with E-state index in [0.29, 0.717) is 6.04 Å². The van der Waals surface area contributed by atoms with Crippen LogP contribution in [0.4, 0.5) is 0 Å². The molecule has 3 nitrogen and oxygen atoms in total. The van der Waals surface area contributed by atoms with Gasteiger partial charge < -0.3 is 5.32 Å². The van der Waals surface area contributed by atoms with Crippen LogP contribution in [0.1, 0.15) is 25.5 Å². The highest BCUT2D eigenvalue weighted by atomic mass is 15.3. The van der Waals surface area contributed by atoms with E-state index in [1.165, 1.54) is 5.56 Å². The second kappa shape index (κ2) is 4.82. The van der Waals surface area contributed by atoms with Crippen LogP contribution in [0.25, 0.3) is 0 Å². The molecule has 1 unspecified atom stereocenters. The van der Waals surface area contributed by atoms with Crippen LogP contribution in [0, 0.1) is 0 Å². The molecule has 0 bridgehead atoms. The minimum absolute atomic E-state index is 0.346. The van der Waals surface area contributed by atoms with Crippen molar-refractivity contribution in [3.8, 4) is 0 Å². The summed E-state index contributed by atoms with van der Waals surface area (Å²) in [5.74, 6) is 0. The van der Waals surface area contributed by atoms with Gasteiger partial charge in [0.1, 0.15) is 0 Å². The zero-order chi connectivity index (χ0) is 9.68. The number of aromatic nitrogens is 2. The van der Waals surface area contributed by atoms with E-state index in [4.69, 9.17) is 0 Å². The minimum atomic E-state index is 0.346. The van der Waals surface area contributed by atoms with Crippen molar-refractivity contribution < 1.29 is 0 Å². The van der Waals surface area contributed by atoms with Crippen molar-refractivity contribution in [1.82, 2.24) is 15.1 Å². The van der Waals surface area contributed by atoms with Gasteiger partial charge in [0.15, 0.2) is 0 Å². The standard InChI is InChI=1S/C10H17N3/c1-4-6-11-9(3)10-7-12-13(5-2)8-10/h4,7-9,11H,1,5-6H2,2-3H3. The van der Waals surface area contributed by atoms with Crippen molar-refractivity contribution in [3.05, 3.63) is 30.6 Å². The predicted octanol–water partition coefficient (Wildman–Crippen LogP) is 1.74. The average molecular weight is 179 g/mol. The molecular weight excluding hydrogens is 162 g/mol. The fourth-order valence-electron chi connectivity index (χ4n) is 1.15. The van der Waals surface area contributed by atoms with E-state index >= 15 is 0 Å². The molecule has 1 aromatic rings. The lowest BCUT2D eigenvalue weighted by Gasteiger charge is -2.08. The molecule has 1 aromatic heterocycles. The van der Waals surface area contributed by atoms with Crippen molar-refractivity contribution in [2.24, 2.45) is 0 Å². The Kier molecular flexibility index (Phi) is 3.71. The van der Waals surface area contributed by atoms with Gasteiger partial charge in [-0.2, -0.15) is 5.10 Å². The van der Waals surface area contributed by atoms with Gasteiger partial charge in [-0.3, -0.25) is 4.68 Å². The van der Waals surface area contributed by atoms with Crippen LogP contribution in [0.2, 0.25) is 0 Å². The lowest BCUT2D eigenvalue weighted by Crippen LogP contribution is -2.17. The molecule has 0 radical (unpaired) electrons. The molecule has 0 aliphatic heterocycles. The van der Waals surface area contributed by atoms with Crippen LogP contribution in [-0.4, -0.2) is 16.3 Å². The lowest BCUT2D eigenvalue weighted by molar-refractivity contribution is 0.613. The van der Waals surface area contributed by atoms with E-state index in [1.54, 1.807) is 0 Å². The quantitative estimate of drug-likeness (QED) is 0.698. The molecule has 0 amide bonds. The summed E-state index contributed by atoms with van der Waals surface area (Å²) in [4.78, 5) is 0. The van der Waals surface area contributed by atoms with Gasteiger partial charge in [0.2, 0.25) is 0 Å². The van der Waals surface area contributed by atoms with E-state index in [2.05, 4.69) is 37.0 Å². The molecule has 3 heteroatoms. The molecule has 1 N–H and O–H groups in total. The molecule has 0 aliphatic rings. The highest BCUT2D eigenvalue weighted by molar-refractivity contribution is 5.09. The molecule has 0 spiro atoms. The summed E-state index contributed by atoms with van der Waals surface area (Å²) in [7, 11) is 0. The summed E-state index contributed by atoms with van der Waals surface area (Å²) in [6, 6.07) is 0.346. The SMILES string of the molecule is C=CCNC(C)c1cnn(CC)c1. The molecule has 0 saturated carbocycles. The maximum Gasteiger partial charge on any atom is 0.0537 e. The van der Waals surface area contributed by atoms with Crippen molar-refractivity contribution in [3.63, 3.8) is 0 Å². The third kappa shape index (κ3) is 2.70. The first-order valence-electron chi connectivity index (χ1n) is 4.64. The third-order valence-corrected chi connectivity index (χ3v) is 2.05. The van der Waals surface area contributed by atoms with Crippen LogP contribution < -0.4 is 5.32 Å². The summed E-state index contributed by atoms with van der Waals surface area (Å²) in [5, 5.41) is 7.53. The van der Waals surface area contributed by atoms with Gasteiger partial charge in [-0.05, 0) is 13.8 Å². The van der Waals surface area contributed by atoms with Gasteiger partial charge in [0.25, 0.3) is 0 Å². The van der Waals surface area contributed by atoms with Crippen molar-refractivity contribution >= 4 is 0 Å². The minimum Gasteiger partial charge on any atom is -0.307 e. The van der Waals surface area contributed by atoms with Gasteiger partial charge in [-0.15, -0.1) is 6.58 Å². The summed E-state index contributed by atoms with van der Waals surface area (Å²) in [5.41, 5.74) is 1.23. The highest BCUT2D eigenvalue weighted by Crippen LogP contribution is 2.09. The Bertz CT molecular complexity index is 265. The van der Waals surface area contributed by atoms with Crippen LogP contribution in [-0.2, 0) is 6.54 Å². The Balaban J connectivity index is 2.54. The summed E-state index contributed by atoms with van der Waals surface area (Å²) >= 11 is 0. The van der Waals surface area contributed by atoms with E-state index in [1.807, 2.05) is 17.0 Å². The average Bonchev–Trinajstić information content (AvgIpc) is 2.62. The van der Waals surface area contributed by atoms with E-state index < -0.39 is 0 Å². The Morgan fingerprint density at radius 1 is 1.77 bits per heavy atom. The maximum absolute atomic E-state index is 4.21. The van der Waals surface area contributed by atoms with Crippen molar-refractivity contribution in [1.29, 1.82) is 0 Å². The molecule has 0 aliphatic carbocycles. The second-order valence-corrected chi connectivity index (χ2v) is 3.05.